The summed E-state index contributed by atoms with van der Waals surface area (Å²) in [6.45, 7) is 1.16. The predicted octanol–water partition coefficient (Wildman–Crippen LogP) is 5.90. The highest BCUT2D eigenvalue weighted by atomic mass is 19.1. The molecule has 1 atom stereocenters. The summed E-state index contributed by atoms with van der Waals surface area (Å²) in [5.74, 6) is 0.735. The van der Waals surface area contributed by atoms with E-state index in [4.69, 9.17) is 4.98 Å². The third kappa shape index (κ3) is 3.46. The van der Waals surface area contributed by atoms with Crippen molar-refractivity contribution in [3.63, 3.8) is 0 Å². The summed E-state index contributed by atoms with van der Waals surface area (Å²) in [5.41, 5.74) is 3.87. The van der Waals surface area contributed by atoms with Crippen LogP contribution in [0.25, 0.3) is 21.8 Å². The average Bonchev–Trinajstić information content (AvgIpc) is 3.40. The van der Waals surface area contributed by atoms with Crippen molar-refractivity contribution in [1.29, 1.82) is 0 Å². The minimum absolute atomic E-state index is 0.0238. The first-order valence-electron chi connectivity index (χ1n) is 11.1. The van der Waals surface area contributed by atoms with E-state index in [-0.39, 0.29) is 17.6 Å². The van der Waals surface area contributed by atoms with Crippen molar-refractivity contribution in [1.82, 2.24) is 9.55 Å². The van der Waals surface area contributed by atoms with Crippen molar-refractivity contribution in [2.24, 2.45) is 0 Å². The molecule has 0 N–H and O–H groups in total. The van der Waals surface area contributed by atoms with Gasteiger partial charge in [0.2, 0.25) is 5.91 Å². The number of fused-ring (bicyclic) bond motifs is 2. The second-order valence-corrected chi connectivity index (χ2v) is 8.57. The van der Waals surface area contributed by atoms with E-state index >= 15 is 0 Å². The lowest BCUT2D eigenvalue weighted by Crippen LogP contribution is -2.24. The summed E-state index contributed by atoms with van der Waals surface area (Å²) in [5, 5.41) is 2.20. The number of anilines is 1. The van der Waals surface area contributed by atoms with Crippen LogP contribution in [-0.2, 0) is 11.3 Å². The van der Waals surface area contributed by atoms with Gasteiger partial charge in [0.1, 0.15) is 11.6 Å². The molecule has 6 rings (SSSR count). The molecule has 162 valence electrons. The Kier molecular flexibility index (Phi) is 4.68. The van der Waals surface area contributed by atoms with Crippen molar-refractivity contribution in [2.75, 3.05) is 11.4 Å². The molecule has 4 nitrogen and oxygen atoms in total. The van der Waals surface area contributed by atoms with Crippen molar-refractivity contribution < 1.29 is 9.18 Å². The molecule has 1 fully saturated rings. The minimum atomic E-state index is -0.249. The summed E-state index contributed by atoms with van der Waals surface area (Å²) in [7, 11) is 0. The molecule has 0 spiro atoms. The van der Waals surface area contributed by atoms with Crippen LogP contribution in [0, 0.1) is 5.82 Å². The van der Waals surface area contributed by atoms with E-state index in [2.05, 4.69) is 28.8 Å². The van der Waals surface area contributed by atoms with Crippen LogP contribution in [-0.4, -0.2) is 22.0 Å². The molecule has 1 aromatic heterocycles. The van der Waals surface area contributed by atoms with E-state index in [0.717, 1.165) is 38.9 Å². The lowest BCUT2D eigenvalue weighted by Gasteiger charge is -2.19. The SMILES string of the molecule is O=C1C[C@@H](c2nc3ccccc3n2Cc2ccc(F)cc2)CN1c1cccc2ccccc12. The van der Waals surface area contributed by atoms with Crippen LogP contribution in [0.15, 0.2) is 91.0 Å². The number of rotatable bonds is 4. The Labute approximate surface area is 190 Å². The predicted molar refractivity (Wildman–Crippen MR) is 129 cm³/mol. The number of carbonyl (C=O) groups is 1. The number of para-hydroxylation sites is 2. The summed E-state index contributed by atoms with van der Waals surface area (Å²) in [6.07, 6.45) is 0.413. The normalized spacial score (nSPS) is 16.2. The first-order valence-corrected chi connectivity index (χ1v) is 11.1. The van der Waals surface area contributed by atoms with Crippen LogP contribution in [0.1, 0.15) is 23.7 Å². The van der Waals surface area contributed by atoms with Gasteiger partial charge in [0.05, 0.1) is 16.7 Å². The maximum atomic E-state index is 13.4. The topological polar surface area (TPSA) is 38.1 Å². The lowest BCUT2D eigenvalue weighted by atomic mass is 10.1. The number of hydrogen-bond donors (Lipinski definition) is 0. The lowest BCUT2D eigenvalue weighted by molar-refractivity contribution is -0.117. The maximum absolute atomic E-state index is 13.4. The van der Waals surface area contributed by atoms with Crippen LogP contribution in [0.5, 0.6) is 0 Å². The first-order chi connectivity index (χ1) is 16.2. The molecule has 0 bridgehead atoms. The highest BCUT2D eigenvalue weighted by Gasteiger charge is 2.35. The minimum Gasteiger partial charge on any atom is -0.323 e. The first kappa shape index (κ1) is 19.7. The summed E-state index contributed by atoms with van der Waals surface area (Å²) in [4.78, 5) is 20.0. The quantitative estimate of drug-likeness (QED) is 0.353. The Morgan fingerprint density at radius 1 is 0.879 bits per heavy atom. The summed E-state index contributed by atoms with van der Waals surface area (Å²) in [6, 6.07) is 28.8. The van der Waals surface area contributed by atoms with Gasteiger partial charge in [-0.05, 0) is 41.3 Å². The second-order valence-electron chi connectivity index (χ2n) is 8.57. The molecule has 0 saturated carbocycles. The standard InChI is InChI=1S/C28H22FN3O/c29-22-14-12-19(13-15-22)17-32-26-10-4-3-9-24(26)30-28(32)21-16-27(33)31(18-21)25-11-5-7-20-6-1-2-8-23(20)25/h1-15,21H,16-18H2/t21-/m1/s1. The monoisotopic (exact) mass is 435 g/mol. The Morgan fingerprint density at radius 2 is 1.64 bits per heavy atom. The van der Waals surface area contributed by atoms with Gasteiger partial charge in [-0.25, -0.2) is 9.37 Å². The van der Waals surface area contributed by atoms with Gasteiger partial charge in [0.25, 0.3) is 0 Å². The average molecular weight is 436 g/mol. The van der Waals surface area contributed by atoms with E-state index in [9.17, 15) is 9.18 Å². The second kappa shape index (κ2) is 7.85. The molecule has 0 radical (unpaired) electrons. The highest BCUT2D eigenvalue weighted by Crippen LogP contribution is 2.36. The molecular formula is C28H22FN3O. The molecule has 5 heteroatoms. The smallest absolute Gasteiger partial charge is 0.227 e. The molecule has 1 aliphatic rings. The summed E-state index contributed by atoms with van der Waals surface area (Å²) < 4.78 is 15.6. The number of imidazole rings is 1. The van der Waals surface area contributed by atoms with Gasteiger partial charge in [-0.3, -0.25) is 4.79 Å². The molecule has 33 heavy (non-hydrogen) atoms. The molecule has 1 saturated heterocycles. The van der Waals surface area contributed by atoms with Crippen LogP contribution < -0.4 is 4.90 Å². The molecular weight excluding hydrogens is 413 g/mol. The van der Waals surface area contributed by atoms with Gasteiger partial charge in [-0.2, -0.15) is 0 Å². The molecule has 0 unspecified atom stereocenters. The van der Waals surface area contributed by atoms with E-state index in [1.807, 2.05) is 47.4 Å². The summed E-state index contributed by atoms with van der Waals surface area (Å²) >= 11 is 0. The molecule has 5 aromatic rings. The van der Waals surface area contributed by atoms with Crippen LogP contribution in [0.2, 0.25) is 0 Å². The Hall–Kier alpha value is -3.99. The number of halogens is 1. The Balaban J connectivity index is 1.40. The van der Waals surface area contributed by atoms with Crippen LogP contribution in [0.4, 0.5) is 10.1 Å². The molecule has 2 heterocycles. The van der Waals surface area contributed by atoms with Gasteiger partial charge in [0, 0.05) is 30.8 Å². The van der Waals surface area contributed by atoms with Crippen molar-refractivity contribution in [3.05, 3.63) is 108 Å². The third-order valence-electron chi connectivity index (χ3n) is 6.49. The molecule has 1 amide bonds. The molecule has 0 aliphatic carbocycles. The number of aromatic nitrogens is 2. The van der Waals surface area contributed by atoms with Crippen LogP contribution in [0.3, 0.4) is 0 Å². The van der Waals surface area contributed by atoms with Gasteiger partial charge < -0.3 is 9.47 Å². The van der Waals surface area contributed by atoms with E-state index < -0.39 is 0 Å². The number of benzene rings is 4. The highest BCUT2D eigenvalue weighted by molar-refractivity contribution is 6.05. The van der Waals surface area contributed by atoms with E-state index in [0.29, 0.717) is 19.5 Å². The van der Waals surface area contributed by atoms with Crippen molar-refractivity contribution in [2.45, 2.75) is 18.9 Å². The number of hydrogen-bond acceptors (Lipinski definition) is 2. The molecule has 1 aliphatic heterocycles. The van der Waals surface area contributed by atoms with Crippen molar-refractivity contribution >= 4 is 33.4 Å². The van der Waals surface area contributed by atoms with Gasteiger partial charge >= 0.3 is 0 Å². The Bertz CT molecular complexity index is 1480. The zero-order valence-electron chi connectivity index (χ0n) is 18.0. The largest absolute Gasteiger partial charge is 0.323 e. The maximum Gasteiger partial charge on any atom is 0.227 e. The van der Waals surface area contributed by atoms with Gasteiger partial charge in [-0.15, -0.1) is 0 Å². The van der Waals surface area contributed by atoms with E-state index in [1.165, 1.54) is 12.1 Å². The number of amides is 1. The van der Waals surface area contributed by atoms with Gasteiger partial charge in [0.15, 0.2) is 0 Å². The zero-order valence-corrected chi connectivity index (χ0v) is 18.0. The fourth-order valence-electron chi connectivity index (χ4n) is 4.90. The third-order valence-corrected chi connectivity index (χ3v) is 6.49. The van der Waals surface area contributed by atoms with Crippen molar-refractivity contribution in [3.8, 4) is 0 Å². The Morgan fingerprint density at radius 3 is 2.52 bits per heavy atom. The number of carbonyl (C=O) groups excluding carboxylic acids is 1. The van der Waals surface area contributed by atoms with Gasteiger partial charge in [-0.1, -0.05) is 60.7 Å². The fourth-order valence-corrected chi connectivity index (χ4v) is 4.90. The van der Waals surface area contributed by atoms with Crippen LogP contribution >= 0.6 is 0 Å². The fraction of sp³-hybridized carbons (Fsp3) is 0.143. The zero-order chi connectivity index (χ0) is 22.4. The number of nitrogens with zero attached hydrogens (tertiary/aromatic N) is 3. The molecule has 4 aromatic carbocycles. The van der Waals surface area contributed by atoms with E-state index in [1.54, 1.807) is 12.1 Å².